The summed E-state index contributed by atoms with van der Waals surface area (Å²) in [5.74, 6) is 1.53. The van der Waals surface area contributed by atoms with Crippen LogP contribution in [-0.4, -0.2) is 79.6 Å². The van der Waals surface area contributed by atoms with Gasteiger partial charge in [-0.15, -0.1) is 0 Å². The van der Waals surface area contributed by atoms with Crippen molar-refractivity contribution in [1.82, 2.24) is 29.6 Å². The molecular formula is C30H41N7O3. The maximum atomic E-state index is 13.2. The maximum absolute atomic E-state index is 13.2. The van der Waals surface area contributed by atoms with Gasteiger partial charge in [0, 0.05) is 61.9 Å². The van der Waals surface area contributed by atoms with Crippen LogP contribution in [-0.2, 0) is 4.74 Å². The molecule has 214 valence electrons. The van der Waals surface area contributed by atoms with Crippen molar-refractivity contribution in [3.05, 3.63) is 41.0 Å². The Morgan fingerprint density at radius 3 is 2.40 bits per heavy atom. The molecule has 1 amide bonds. The van der Waals surface area contributed by atoms with E-state index >= 15 is 0 Å². The number of nitrogens with one attached hydrogen (secondary N) is 1. The summed E-state index contributed by atoms with van der Waals surface area (Å²) in [7, 11) is 0. The fourth-order valence-corrected chi connectivity index (χ4v) is 6.57. The van der Waals surface area contributed by atoms with Gasteiger partial charge in [0.15, 0.2) is 5.65 Å². The molecule has 10 nitrogen and oxygen atoms in total. The summed E-state index contributed by atoms with van der Waals surface area (Å²) in [6.07, 6.45) is 8.90. The molecule has 2 saturated heterocycles. The van der Waals surface area contributed by atoms with E-state index in [1.807, 2.05) is 37.1 Å². The largest absolute Gasteiger partial charge is 0.393 e. The van der Waals surface area contributed by atoms with Gasteiger partial charge in [-0.1, -0.05) is 0 Å². The number of hydrogen-bond acceptors (Lipinski definition) is 8. The van der Waals surface area contributed by atoms with E-state index in [0.29, 0.717) is 30.5 Å². The number of amides is 1. The van der Waals surface area contributed by atoms with Gasteiger partial charge in [-0.2, -0.15) is 10.1 Å². The number of rotatable bonds is 6. The standard InChI is InChI=1S/C30H41N7O3/c1-19-15-23(16-20(2)33-19)29(39)36-11-7-22(8-12-36)27-26-18-32-30(31-17-21-9-13-40-14-10-21)34-28(26)37(35-27)24-3-5-25(38)6-4-24/h15-16,18,21-22,24-25,38H,3-14,17H2,1-2H3,(H,31,32,34). The van der Waals surface area contributed by atoms with Crippen molar-refractivity contribution in [2.24, 2.45) is 5.92 Å². The van der Waals surface area contributed by atoms with E-state index in [1.165, 1.54) is 0 Å². The number of aryl methyl sites for hydroxylation is 2. The summed E-state index contributed by atoms with van der Waals surface area (Å²) in [4.78, 5) is 29.3. The first-order valence-corrected chi connectivity index (χ1v) is 14.9. The Hall–Kier alpha value is -3.11. The van der Waals surface area contributed by atoms with Crippen LogP contribution in [0.25, 0.3) is 11.0 Å². The number of piperidine rings is 1. The molecule has 2 N–H and O–H groups in total. The zero-order chi connectivity index (χ0) is 27.6. The number of nitrogens with zero attached hydrogens (tertiary/aromatic N) is 6. The lowest BCUT2D eigenvalue weighted by atomic mass is 9.92. The van der Waals surface area contributed by atoms with Crippen LogP contribution >= 0.6 is 0 Å². The highest BCUT2D eigenvalue weighted by Gasteiger charge is 2.31. The molecule has 2 aliphatic heterocycles. The Kier molecular flexibility index (Phi) is 7.98. The number of aliphatic hydroxyl groups is 1. The van der Waals surface area contributed by atoms with E-state index in [1.54, 1.807) is 0 Å². The normalized spacial score (nSPS) is 23.0. The van der Waals surface area contributed by atoms with Crippen molar-refractivity contribution < 1.29 is 14.6 Å². The topological polar surface area (TPSA) is 118 Å². The minimum absolute atomic E-state index is 0.0757. The molecule has 1 aliphatic carbocycles. The third-order valence-electron chi connectivity index (χ3n) is 8.88. The molecule has 0 atom stereocenters. The van der Waals surface area contributed by atoms with Crippen LogP contribution in [0.3, 0.4) is 0 Å². The zero-order valence-corrected chi connectivity index (χ0v) is 23.7. The lowest BCUT2D eigenvalue weighted by molar-refractivity contribution is 0.0698. The maximum Gasteiger partial charge on any atom is 0.253 e. The number of ether oxygens (including phenoxy) is 1. The van der Waals surface area contributed by atoms with Crippen LogP contribution in [0, 0.1) is 19.8 Å². The molecule has 1 saturated carbocycles. The molecule has 6 rings (SSSR count). The molecule has 5 heterocycles. The Morgan fingerprint density at radius 2 is 1.70 bits per heavy atom. The van der Waals surface area contributed by atoms with Crippen molar-refractivity contribution in [2.75, 3.05) is 38.2 Å². The third-order valence-corrected chi connectivity index (χ3v) is 8.88. The van der Waals surface area contributed by atoms with Crippen LogP contribution in [0.2, 0.25) is 0 Å². The number of likely N-dealkylation sites (tertiary alicyclic amines) is 1. The molecule has 3 aromatic rings. The SMILES string of the molecule is Cc1cc(C(=O)N2CCC(c3nn(C4CCC(O)CC4)c4nc(NCC5CCOCC5)ncc34)CC2)cc(C)n1. The quantitative estimate of drug-likeness (QED) is 0.472. The number of aliphatic hydroxyl groups excluding tert-OH is 1. The number of pyridine rings is 1. The zero-order valence-electron chi connectivity index (χ0n) is 23.7. The van der Waals surface area contributed by atoms with Crippen molar-refractivity contribution in [1.29, 1.82) is 0 Å². The number of carbonyl (C=O) groups excluding carboxylic acids is 1. The number of hydrogen-bond donors (Lipinski definition) is 2. The summed E-state index contributed by atoms with van der Waals surface area (Å²) in [5, 5.41) is 19.8. The molecule has 3 fully saturated rings. The van der Waals surface area contributed by atoms with Crippen LogP contribution in [0.4, 0.5) is 5.95 Å². The average Bonchev–Trinajstić information content (AvgIpc) is 3.35. The fourth-order valence-electron chi connectivity index (χ4n) is 6.57. The second-order valence-corrected chi connectivity index (χ2v) is 11.9. The van der Waals surface area contributed by atoms with E-state index < -0.39 is 0 Å². The highest BCUT2D eigenvalue weighted by molar-refractivity contribution is 5.94. The molecule has 3 aliphatic rings. The molecule has 10 heteroatoms. The number of carbonyl (C=O) groups is 1. The molecule has 0 bridgehead atoms. The first kappa shape index (κ1) is 27.1. The van der Waals surface area contributed by atoms with Crippen molar-refractivity contribution in [2.45, 2.75) is 83.3 Å². The van der Waals surface area contributed by atoms with Crippen LogP contribution in [0.15, 0.2) is 18.3 Å². The molecule has 40 heavy (non-hydrogen) atoms. The van der Waals surface area contributed by atoms with Gasteiger partial charge < -0.3 is 20.1 Å². The van der Waals surface area contributed by atoms with E-state index in [4.69, 9.17) is 19.8 Å². The summed E-state index contributed by atoms with van der Waals surface area (Å²) in [6.45, 7) is 7.73. The molecule has 0 spiro atoms. The summed E-state index contributed by atoms with van der Waals surface area (Å²) >= 11 is 0. The monoisotopic (exact) mass is 547 g/mol. The highest BCUT2D eigenvalue weighted by Crippen LogP contribution is 2.36. The van der Waals surface area contributed by atoms with Crippen molar-refractivity contribution in [3.63, 3.8) is 0 Å². The lowest BCUT2D eigenvalue weighted by Crippen LogP contribution is -2.38. The molecule has 0 aromatic carbocycles. The van der Waals surface area contributed by atoms with Gasteiger partial charge >= 0.3 is 0 Å². The smallest absolute Gasteiger partial charge is 0.253 e. The van der Waals surface area contributed by atoms with Gasteiger partial charge in [-0.25, -0.2) is 9.67 Å². The summed E-state index contributed by atoms with van der Waals surface area (Å²) in [5.41, 5.74) is 4.37. The predicted octanol–water partition coefficient (Wildman–Crippen LogP) is 4.17. The molecule has 3 aromatic heterocycles. The molecular weight excluding hydrogens is 506 g/mol. The van der Waals surface area contributed by atoms with Gasteiger partial charge in [0.05, 0.1) is 23.2 Å². The number of aromatic nitrogens is 5. The summed E-state index contributed by atoms with van der Waals surface area (Å²) in [6, 6.07) is 3.98. The van der Waals surface area contributed by atoms with Crippen molar-refractivity contribution in [3.8, 4) is 0 Å². The summed E-state index contributed by atoms with van der Waals surface area (Å²) < 4.78 is 7.61. The van der Waals surface area contributed by atoms with Gasteiger partial charge in [0.1, 0.15) is 0 Å². The van der Waals surface area contributed by atoms with Gasteiger partial charge in [-0.05, 0) is 83.3 Å². The van der Waals surface area contributed by atoms with Crippen LogP contribution < -0.4 is 5.32 Å². The average molecular weight is 548 g/mol. The van der Waals surface area contributed by atoms with Gasteiger partial charge in [-0.3, -0.25) is 9.78 Å². The second kappa shape index (κ2) is 11.8. The van der Waals surface area contributed by atoms with E-state index in [2.05, 4.69) is 15.0 Å². The Balaban J connectivity index is 1.21. The Labute approximate surface area is 235 Å². The highest BCUT2D eigenvalue weighted by atomic mass is 16.5. The third kappa shape index (κ3) is 5.83. The Bertz CT molecular complexity index is 1320. The van der Waals surface area contributed by atoms with Crippen LogP contribution in [0.5, 0.6) is 0 Å². The number of fused-ring (bicyclic) bond motifs is 1. The van der Waals surface area contributed by atoms with E-state index in [-0.39, 0.29) is 24.0 Å². The molecule has 0 radical (unpaired) electrons. The van der Waals surface area contributed by atoms with Gasteiger partial charge in [0.25, 0.3) is 5.91 Å². The minimum Gasteiger partial charge on any atom is -0.393 e. The minimum atomic E-state index is -0.223. The lowest BCUT2D eigenvalue weighted by Gasteiger charge is -2.31. The van der Waals surface area contributed by atoms with E-state index in [9.17, 15) is 9.90 Å². The van der Waals surface area contributed by atoms with E-state index in [0.717, 1.165) is 99.2 Å². The Morgan fingerprint density at radius 1 is 1.00 bits per heavy atom. The fraction of sp³-hybridized carbons (Fsp3) is 0.633. The van der Waals surface area contributed by atoms with Gasteiger partial charge in [0.2, 0.25) is 5.95 Å². The predicted molar refractivity (Wildman–Crippen MR) is 152 cm³/mol. The van der Waals surface area contributed by atoms with Crippen molar-refractivity contribution >= 4 is 22.9 Å². The first-order valence-electron chi connectivity index (χ1n) is 14.9. The second-order valence-electron chi connectivity index (χ2n) is 11.9. The van der Waals surface area contributed by atoms with Crippen LogP contribution in [0.1, 0.15) is 90.8 Å². The molecule has 0 unspecified atom stereocenters. The first-order chi connectivity index (χ1) is 19.4. The number of anilines is 1.